The van der Waals surface area contributed by atoms with Gasteiger partial charge in [-0.05, 0) is 43.2 Å². The second kappa shape index (κ2) is 10.7. The molecule has 2 aromatic carbocycles. The lowest BCUT2D eigenvalue weighted by atomic mass is 10.1. The van der Waals surface area contributed by atoms with E-state index in [-0.39, 0.29) is 11.7 Å². The third-order valence-electron chi connectivity index (χ3n) is 5.23. The lowest BCUT2D eigenvalue weighted by molar-refractivity contribution is -0.140. The van der Waals surface area contributed by atoms with Crippen LogP contribution < -0.4 is 0 Å². The van der Waals surface area contributed by atoms with Crippen molar-refractivity contribution in [2.45, 2.75) is 33.1 Å². The predicted octanol–water partition coefficient (Wildman–Crippen LogP) is 4.73. The molecule has 166 valence electrons. The molecule has 0 aliphatic heterocycles. The second-order valence-electron chi connectivity index (χ2n) is 8.07. The maximum absolute atomic E-state index is 12.8. The number of rotatable bonds is 9. The number of carbonyl (C=O) groups excluding carboxylic acids is 2. The first-order valence-corrected chi connectivity index (χ1v) is 10.7. The summed E-state index contributed by atoms with van der Waals surface area (Å²) >= 11 is 0. The quantitative estimate of drug-likeness (QED) is 0.461. The zero-order valence-corrected chi connectivity index (χ0v) is 19.1. The van der Waals surface area contributed by atoms with Gasteiger partial charge in [0, 0.05) is 32.4 Å². The number of aromatic nitrogens is 1. The van der Waals surface area contributed by atoms with Crippen LogP contribution in [-0.4, -0.2) is 41.4 Å². The fourth-order valence-corrected chi connectivity index (χ4v) is 3.38. The first-order valence-electron chi connectivity index (χ1n) is 10.7. The van der Waals surface area contributed by atoms with Gasteiger partial charge >= 0.3 is 0 Å². The second-order valence-corrected chi connectivity index (χ2v) is 8.07. The first-order chi connectivity index (χ1) is 15.3. The zero-order valence-electron chi connectivity index (χ0n) is 19.1. The van der Waals surface area contributed by atoms with Crippen LogP contribution in [0.1, 0.15) is 39.7 Å². The number of ether oxygens (including phenoxy) is 1. The van der Waals surface area contributed by atoms with Crippen molar-refractivity contribution in [3.05, 3.63) is 101 Å². The van der Waals surface area contributed by atoms with Gasteiger partial charge in [-0.2, -0.15) is 0 Å². The number of allylic oxidation sites excluding steroid dienone is 1. The van der Waals surface area contributed by atoms with Gasteiger partial charge < -0.3 is 14.2 Å². The molecule has 1 amide bonds. The number of hydrogen-bond acceptors (Lipinski definition) is 3. The minimum Gasteiger partial charge on any atom is -0.364 e. The zero-order chi connectivity index (χ0) is 23.1. The number of carbonyl (C=O) groups is 2. The summed E-state index contributed by atoms with van der Waals surface area (Å²) in [5.41, 5.74) is 4.53. The molecule has 0 saturated heterocycles. The first kappa shape index (κ1) is 23.2. The van der Waals surface area contributed by atoms with Gasteiger partial charge in [0.25, 0.3) is 5.91 Å². The van der Waals surface area contributed by atoms with E-state index in [1.807, 2.05) is 90.5 Å². The molecule has 0 fully saturated rings. The van der Waals surface area contributed by atoms with Gasteiger partial charge in [0.05, 0.1) is 12.3 Å². The topological polar surface area (TPSA) is 51.5 Å². The Bertz CT molecular complexity index is 1090. The van der Waals surface area contributed by atoms with Crippen LogP contribution in [0.15, 0.2) is 72.9 Å². The molecule has 5 nitrogen and oxygen atoms in total. The molecule has 3 aromatic rings. The van der Waals surface area contributed by atoms with Crippen LogP contribution in [0.5, 0.6) is 0 Å². The van der Waals surface area contributed by atoms with Crippen molar-refractivity contribution in [2.75, 3.05) is 14.1 Å². The van der Waals surface area contributed by atoms with E-state index < -0.39 is 6.10 Å². The van der Waals surface area contributed by atoms with Crippen LogP contribution in [-0.2, 0) is 22.7 Å². The Balaban J connectivity index is 1.62. The summed E-state index contributed by atoms with van der Waals surface area (Å²) in [6.07, 6.45) is 5.49. The van der Waals surface area contributed by atoms with E-state index in [1.54, 1.807) is 21.0 Å². The minimum atomic E-state index is -0.484. The third-order valence-corrected chi connectivity index (χ3v) is 5.23. The average Bonchev–Trinajstić information content (AvgIpc) is 3.25. The Morgan fingerprint density at radius 2 is 1.81 bits per heavy atom. The normalized spacial score (nSPS) is 12.1. The highest BCUT2D eigenvalue weighted by atomic mass is 16.5. The highest BCUT2D eigenvalue weighted by molar-refractivity contribution is 6.08. The fourth-order valence-electron chi connectivity index (χ4n) is 3.38. The molecular weight excluding hydrogens is 400 g/mol. The number of aryl methyl sites for hydroxylation is 1. The summed E-state index contributed by atoms with van der Waals surface area (Å²) in [6, 6.07) is 19.4. The van der Waals surface area contributed by atoms with Crippen LogP contribution in [0, 0.1) is 6.92 Å². The minimum absolute atomic E-state index is 0.0175. The van der Waals surface area contributed by atoms with Gasteiger partial charge in [-0.1, -0.05) is 60.2 Å². The molecule has 0 radical (unpaired) electrons. The SMILES string of the molecule is Cc1ccc(C(=O)c2cccn2C/C=C/c2cccc(CO[C@H](C)C(=O)N(C)C)c2)cc1. The van der Waals surface area contributed by atoms with E-state index >= 15 is 0 Å². The molecule has 5 heteroatoms. The van der Waals surface area contributed by atoms with Gasteiger partial charge in [0.1, 0.15) is 6.10 Å². The third kappa shape index (κ3) is 6.05. The number of ketones is 1. The Labute approximate surface area is 189 Å². The van der Waals surface area contributed by atoms with Gasteiger partial charge in [0.2, 0.25) is 5.78 Å². The molecule has 1 atom stereocenters. The number of likely N-dealkylation sites (N-methyl/N-ethyl adjacent to an activating group) is 1. The van der Waals surface area contributed by atoms with Crippen LogP contribution in [0.3, 0.4) is 0 Å². The molecule has 0 N–H and O–H groups in total. The summed E-state index contributed by atoms with van der Waals surface area (Å²) in [5, 5.41) is 0. The van der Waals surface area contributed by atoms with Crippen molar-refractivity contribution in [3.8, 4) is 0 Å². The molecule has 0 spiro atoms. The summed E-state index contributed by atoms with van der Waals surface area (Å²) < 4.78 is 7.65. The summed E-state index contributed by atoms with van der Waals surface area (Å²) in [7, 11) is 3.44. The highest BCUT2D eigenvalue weighted by Gasteiger charge is 2.15. The van der Waals surface area contributed by atoms with Crippen molar-refractivity contribution < 1.29 is 14.3 Å². The van der Waals surface area contributed by atoms with Crippen LogP contribution >= 0.6 is 0 Å². The largest absolute Gasteiger partial charge is 0.364 e. The van der Waals surface area contributed by atoms with Gasteiger partial charge in [-0.15, -0.1) is 0 Å². The molecule has 32 heavy (non-hydrogen) atoms. The standard InChI is InChI=1S/C27H30N2O3/c1-20-12-14-24(15-13-20)26(30)25-11-7-17-29(25)16-6-10-22-8-5-9-23(18-22)19-32-21(2)27(31)28(3)4/h5-15,17-18,21H,16,19H2,1-4H3/b10-6+/t21-/m1/s1. The summed E-state index contributed by atoms with van der Waals surface area (Å²) in [5.74, 6) is -0.0345. The van der Waals surface area contributed by atoms with E-state index in [0.29, 0.717) is 24.4 Å². The molecule has 0 saturated carbocycles. The number of benzene rings is 2. The average molecular weight is 431 g/mol. The monoisotopic (exact) mass is 430 g/mol. The summed E-state index contributed by atoms with van der Waals surface area (Å²) in [6.45, 7) is 4.73. The Morgan fingerprint density at radius 3 is 2.53 bits per heavy atom. The van der Waals surface area contributed by atoms with Crippen molar-refractivity contribution in [1.82, 2.24) is 9.47 Å². The maximum atomic E-state index is 12.8. The molecule has 3 rings (SSSR count). The molecule has 1 aromatic heterocycles. The highest BCUT2D eigenvalue weighted by Crippen LogP contribution is 2.14. The van der Waals surface area contributed by atoms with Gasteiger partial charge in [-0.3, -0.25) is 9.59 Å². The lowest BCUT2D eigenvalue weighted by Crippen LogP contribution is -2.33. The molecule has 0 unspecified atom stereocenters. The molecular formula is C27H30N2O3. The molecule has 0 bridgehead atoms. The van der Waals surface area contributed by atoms with Crippen molar-refractivity contribution in [1.29, 1.82) is 0 Å². The predicted molar refractivity (Wildman–Crippen MR) is 127 cm³/mol. The van der Waals surface area contributed by atoms with E-state index in [2.05, 4.69) is 0 Å². The van der Waals surface area contributed by atoms with Crippen molar-refractivity contribution in [2.24, 2.45) is 0 Å². The molecule has 1 heterocycles. The fraction of sp³-hybridized carbons (Fsp3) is 0.259. The Hall–Kier alpha value is -3.44. The van der Waals surface area contributed by atoms with Crippen LogP contribution in [0.25, 0.3) is 6.08 Å². The summed E-state index contributed by atoms with van der Waals surface area (Å²) in [4.78, 5) is 26.3. The van der Waals surface area contributed by atoms with Gasteiger partial charge in [-0.25, -0.2) is 0 Å². The number of amides is 1. The van der Waals surface area contributed by atoms with Crippen molar-refractivity contribution >= 4 is 17.8 Å². The Morgan fingerprint density at radius 1 is 1.06 bits per heavy atom. The van der Waals surface area contributed by atoms with Crippen LogP contribution in [0.2, 0.25) is 0 Å². The van der Waals surface area contributed by atoms with E-state index in [0.717, 1.165) is 16.7 Å². The van der Waals surface area contributed by atoms with Crippen LogP contribution in [0.4, 0.5) is 0 Å². The van der Waals surface area contributed by atoms with Crippen molar-refractivity contribution in [3.63, 3.8) is 0 Å². The smallest absolute Gasteiger partial charge is 0.250 e. The Kier molecular flexibility index (Phi) is 7.79. The molecule has 0 aliphatic rings. The van der Waals surface area contributed by atoms with Gasteiger partial charge in [0.15, 0.2) is 0 Å². The van der Waals surface area contributed by atoms with E-state index in [1.165, 1.54) is 4.90 Å². The van der Waals surface area contributed by atoms with E-state index in [4.69, 9.17) is 4.74 Å². The molecule has 0 aliphatic carbocycles. The number of hydrogen-bond donors (Lipinski definition) is 0. The lowest BCUT2D eigenvalue weighted by Gasteiger charge is -2.17. The maximum Gasteiger partial charge on any atom is 0.250 e. The van der Waals surface area contributed by atoms with E-state index in [9.17, 15) is 9.59 Å². The number of nitrogens with zero attached hydrogens (tertiary/aromatic N) is 2.